The zero-order chi connectivity index (χ0) is 26.0. The third kappa shape index (κ3) is 7.99. The molecular formula is C27H36N8OS. The molecule has 10 heteroatoms. The standard InChI is InChI=1S/C27H36N8OS/c1-4-5-10-21(13-9-16-35-14-6-7-15-35)30-22-11-8-12-23(17-22)31-26-25(37(3)36)19-28-27(33-26)32-24-18-29-34(2)20-24/h8-13,17-20,30H,4-7,14-16H2,1-3H3,(H2,28,31,32,33)/b13-9+,21-10+. The molecule has 0 aliphatic carbocycles. The lowest BCUT2D eigenvalue weighted by Crippen LogP contribution is -2.18. The molecule has 0 spiro atoms. The second kappa shape index (κ2) is 13.2. The minimum absolute atomic E-state index is 0.395. The van der Waals surface area contributed by atoms with Crippen molar-refractivity contribution in [3.05, 3.63) is 66.8 Å². The Morgan fingerprint density at radius 2 is 1.95 bits per heavy atom. The van der Waals surface area contributed by atoms with Crippen molar-refractivity contribution in [2.75, 3.05) is 41.8 Å². The van der Waals surface area contributed by atoms with Crippen LogP contribution in [0.2, 0.25) is 0 Å². The van der Waals surface area contributed by atoms with Crippen molar-refractivity contribution >= 4 is 39.6 Å². The van der Waals surface area contributed by atoms with E-state index in [1.54, 1.807) is 23.3 Å². The van der Waals surface area contributed by atoms with E-state index in [-0.39, 0.29) is 0 Å². The second-order valence-corrected chi connectivity index (χ2v) is 10.4. The number of aromatic nitrogens is 4. The Hall–Kier alpha value is -3.50. The number of likely N-dealkylation sites (tertiary alicyclic amines) is 1. The highest BCUT2D eigenvalue weighted by Gasteiger charge is 2.12. The van der Waals surface area contributed by atoms with Crippen LogP contribution >= 0.6 is 0 Å². The number of aryl methyl sites for hydroxylation is 1. The van der Waals surface area contributed by atoms with Gasteiger partial charge in [-0.2, -0.15) is 10.1 Å². The number of allylic oxidation sites excluding steroid dienone is 2. The van der Waals surface area contributed by atoms with Crippen molar-refractivity contribution in [1.82, 2.24) is 24.6 Å². The number of hydrogen-bond donors (Lipinski definition) is 3. The molecule has 9 nitrogen and oxygen atoms in total. The molecule has 0 radical (unpaired) electrons. The van der Waals surface area contributed by atoms with Gasteiger partial charge in [0, 0.05) is 43.1 Å². The number of nitrogens with zero attached hydrogens (tertiary/aromatic N) is 5. The zero-order valence-electron chi connectivity index (χ0n) is 21.8. The zero-order valence-corrected chi connectivity index (χ0v) is 22.6. The van der Waals surface area contributed by atoms with Gasteiger partial charge in [-0.05, 0) is 56.6 Å². The average Bonchev–Trinajstić information content (AvgIpc) is 3.54. The number of hydrogen-bond acceptors (Lipinski definition) is 8. The van der Waals surface area contributed by atoms with Crippen molar-refractivity contribution in [3.8, 4) is 0 Å². The van der Waals surface area contributed by atoms with Gasteiger partial charge in [-0.25, -0.2) is 4.98 Å². The number of rotatable bonds is 12. The fraction of sp³-hybridized carbons (Fsp3) is 0.370. The molecule has 2 aromatic heterocycles. The van der Waals surface area contributed by atoms with Gasteiger partial charge in [0.05, 0.1) is 33.8 Å². The molecule has 1 unspecified atom stereocenters. The molecule has 1 aliphatic heterocycles. The predicted molar refractivity (Wildman–Crippen MR) is 152 cm³/mol. The first kappa shape index (κ1) is 26.6. The molecule has 1 fully saturated rings. The Bertz CT molecular complexity index is 1260. The van der Waals surface area contributed by atoms with Crippen molar-refractivity contribution in [2.24, 2.45) is 7.05 Å². The molecule has 196 valence electrons. The summed E-state index contributed by atoms with van der Waals surface area (Å²) in [5.74, 6) is 0.888. The molecule has 3 aromatic rings. The largest absolute Gasteiger partial charge is 0.356 e. The molecule has 3 heterocycles. The summed E-state index contributed by atoms with van der Waals surface area (Å²) in [7, 11) is 0.585. The topological polar surface area (TPSA) is 100 Å². The van der Waals surface area contributed by atoms with Crippen LogP contribution < -0.4 is 16.0 Å². The lowest BCUT2D eigenvalue weighted by Gasteiger charge is -2.14. The molecule has 1 atom stereocenters. The number of nitrogens with one attached hydrogen (secondary N) is 3. The summed E-state index contributed by atoms with van der Waals surface area (Å²) >= 11 is 0. The van der Waals surface area contributed by atoms with E-state index in [0.29, 0.717) is 16.7 Å². The molecule has 0 saturated carbocycles. The summed E-state index contributed by atoms with van der Waals surface area (Å²) in [6.07, 6.45) is 18.1. The van der Waals surface area contributed by atoms with Crippen LogP contribution in [0.4, 0.5) is 28.8 Å². The van der Waals surface area contributed by atoms with E-state index in [2.05, 4.69) is 61.1 Å². The quantitative estimate of drug-likeness (QED) is 0.281. The first-order valence-corrected chi connectivity index (χ1v) is 14.3. The number of anilines is 5. The highest BCUT2D eigenvalue weighted by Crippen LogP contribution is 2.25. The van der Waals surface area contributed by atoms with Crippen LogP contribution in [-0.2, 0) is 17.8 Å². The fourth-order valence-electron chi connectivity index (χ4n) is 4.08. The third-order valence-electron chi connectivity index (χ3n) is 5.95. The van der Waals surface area contributed by atoms with Crippen LogP contribution in [-0.4, -0.2) is 54.7 Å². The molecule has 4 rings (SSSR count). The maximum atomic E-state index is 12.4. The fourth-order valence-corrected chi connectivity index (χ4v) is 4.65. The van der Waals surface area contributed by atoms with Crippen LogP contribution in [0.15, 0.2) is 71.7 Å². The van der Waals surface area contributed by atoms with Crippen molar-refractivity contribution in [1.29, 1.82) is 0 Å². The average molecular weight is 521 g/mol. The molecule has 3 N–H and O–H groups in total. The summed E-state index contributed by atoms with van der Waals surface area (Å²) in [6.45, 7) is 5.53. The SMILES string of the molecule is CCC/C=C(\C=C\CN1CCCC1)Nc1cccc(Nc2nc(Nc3cnn(C)c3)ncc2S(C)=O)c1. The summed E-state index contributed by atoms with van der Waals surface area (Å²) in [6, 6.07) is 8.00. The van der Waals surface area contributed by atoms with E-state index in [9.17, 15) is 4.21 Å². The summed E-state index contributed by atoms with van der Waals surface area (Å²) in [4.78, 5) is 11.9. The van der Waals surface area contributed by atoms with E-state index < -0.39 is 10.8 Å². The van der Waals surface area contributed by atoms with E-state index in [1.807, 2.05) is 37.5 Å². The van der Waals surface area contributed by atoms with Gasteiger partial charge in [-0.1, -0.05) is 31.6 Å². The molecule has 1 saturated heterocycles. The van der Waals surface area contributed by atoms with Gasteiger partial charge in [0.1, 0.15) is 0 Å². The van der Waals surface area contributed by atoms with E-state index >= 15 is 0 Å². The minimum Gasteiger partial charge on any atom is -0.356 e. The highest BCUT2D eigenvalue weighted by atomic mass is 32.2. The summed E-state index contributed by atoms with van der Waals surface area (Å²) in [5, 5.41) is 14.2. The van der Waals surface area contributed by atoms with Crippen LogP contribution in [0.5, 0.6) is 0 Å². The van der Waals surface area contributed by atoms with Gasteiger partial charge in [0.25, 0.3) is 0 Å². The third-order valence-corrected chi connectivity index (χ3v) is 6.87. The lowest BCUT2D eigenvalue weighted by molar-refractivity contribution is 0.377. The molecule has 0 bridgehead atoms. The van der Waals surface area contributed by atoms with Crippen LogP contribution in [0.25, 0.3) is 0 Å². The number of unbranched alkanes of at least 4 members (excludes halogenated alkanes) is 1. The van der Waals surface area contributed by atoms with Crippen LogP contribution in [0.1, 0.15) is 32.6 Å². The van der Waals surface area contributed by atoms with Crippen LogP contribution in [0, 0.1) is 0 Å². The maximum absolute atomic E-state index is 12.4. The lowest BCUT2D eigenvalue weighted by atomic mass is 10.2. The Balaban J connectivity index is 1.49. The van der Waals surface area contributed by atoms with Gasteiger partial charge in [-0.15, -0.1) is 0 Å². The van der Waals surface area contributed by atoms with Gasteiger partial charge in [0.2, 0.25) is 5.95 Å². The Morgan fingerprint density at radius 1 is 1.14 bits per heavy atom. The molecule has 37 heavy (non-hydrogen) atoms. The molecular weight excluding hydrogens is 484 g/mol. The van der Waals surface area contributed by atoms with Gasteiger partial charge >= 0.3 is 0 Å². The van der Waals surface area contributed by atoms with Crippen molar-refractivity contribution < 1.29 is 4.21 Å². The smallest absolute Gasteiger partial charge is 0.229 e. The maximum Gasteiger partial charge on any atom is 0.229 e. The summed E-state index contributed by atoms with van der Waals surface area (Å²) < 4.78 is 14.1. The Kier molecular flexibility index (Phi) is 9.45. The van der Waals surface area contributed by atoms with Gasteiger partial charge in [0.15, 0.2) is 5.82 Å². The Labute approximate surface area is 221 Å². The molecule has 1 aromatic carbocycles. The highest BCUT2D eigenvalue weighted by molar-refractivity contribution is 7.84. The van der Waals surface area contributed by atoms with Crippen molar-refractivity contribution in [3.63, 3.8) is 0 Å². The minimum atomic E-state index is -1.26. The predicted octanol–water partition coefficient (Wildman–Crippen LogP) is 5.18. The van der Waals surface area contributed by atoms with Gasteiger partial charge in [-0.3, -0.25) is 13.8 Å². The number of benzene rings is 1. The van der Waals surface area contributed by atoms with Crippen LogP contribution in [0.3, 0.4) is 0 Å². The first-order valence-electron chi connectivity index (χ1n) is 12.7. The normalized spacial score (nSPS) is 15.3. The second-order valence-electron chi connectivity index (χ2n) is 9.08. The monoisotopic (exact) mass is 520 g/mol. The summed E-state index contributed by atoms with van der Waals surface area (Å²) in [5.41, 5.74) is 3.64. The molecule has 1 aliphatic rings. The molecule has 0 amide bonds. The van der Waals surface area contributed by atoms with Crippen molar-refractivity contribution in [2.45, 2.75) is 37.5 Å². The Morgan fingerprint density at radius 3 is 2.68 bits per heavy atom. The van der Waals surface area contributed by atoms with E-state index in [1.165, 1.54) is 25.9 Å². The first-order chi connectivity index (χ1) is 18.0. The van der Waals surface area contributed by atoms with E-state index in [0.717, 1.165) is 42.1 Å². The van der Waals surface area contributed by atoms with Gasteiger partial charge < -0.3 is 16.0 Å². The van der Waals surface area contributed by atoms with E-state index in [4.69, 9.17) is 0 Å².